The summed E-state index contributed by atoms with van der Waals surface area (Å²) in [4.78, 5) is 18.3. The Morgan fingerprint density at radius 2 is 2.20 bits per heavy atom. The van der Waals surface area contributed by atoms with E-state index in [-0.39, 0.29) is 0 Å². The van der Waals surface area contributed by atoms with Gasteiger partial charge in [-0.1, -0.05) is 19.4 Å². The molecule has 2 atom stereocenters. The second kappa shape index (κ2) is 8.97. The number of aliphatic hydroxyl groups excluding tert-OH is 1. The summed E-state index contributed by atoms with van der Waals surface area (Å²) in [7, 11) is 1.98. The maximum Gasteiger partial charge on any atom is 0.227 e. The molecule has 0 aromatic heterocycles. The highest BCUT2D eigenvalue weighted by Crippen LogP contribution is 2.35. The largest absolute Gasteiger partial charge is 0.392 e. The topological polar surface area (TPSA) is 88.1 Å². The van der Waals surface area contributed by atoms with Gasteiger partial charge in [0.1, 0.15) is 5.84 Å². The zero-order valence-corrected chi connectivity index (χ0v) is 15.4. The molecule has 1 aromatic rings. The van der Waals surface area contributed by atoms with Crippen molar-refractivity contribution in [2.45, 2.75) is 45.1 Å². The number of rotatable bonds is 8. The minimum absolute atomic E-state index is 0.459. The molecule has 0 radical (unpaired) electrons. The van der Waals surface area contributed by atoms with E-state index in [0.29, 0.717) is 13.0 Å². The van der Waals surface area contributed by atoms with E-state index in [1.165, 1.54) is 0 Å². The smallest absolute Gasteiger partial charge is 0.227 e. The lowest BCUT2D eigenvalue weighted by atomic mass is 9.99. The summed E-state index contributed by atoms with van der Waals surface area (Å²) < 4.78 is 5.58. The third-order valence-electron chi connectivity index (χ3n) is 4.64. The number of aliphatic imine (C=N–C) groups is 1. The Balaban J connectivity index is 2.02. The van der Waals surface area contributed by atoms with Crippen molar-refractivity contribution in [1.82, 2.24) is 4.90 Å². The number of amides is 1. The van der Waals surface area contributed by atoms with Crippen molar-refractivity contribution in [3.05, 3.63) is 29.3 Å². The van der Waals surface area contributed by atoms with E-state index in [1.807, 2.05) is 37.1 Å². The van der Waals surface area contributed by atoms with E-state index in [9.17, 15) is 9.90 Å². The summed E-state index contributed by atoms with van der Waals surface area (Å²) in [6.45, 7) is 6.32. The van der Waals surface area contributed by atoms with Crippen LogP contribution in [0, 0.1) is 0 Å². The normalized spacial score (nSPS) is 19.8. The number of likely N-dealkylation sites (N-methyl/N-ethyl adjacent to an activating group) is 1. The van der Waals surface area contributed by atoms with E-state index in [1.54, 1.807) is 0 Å². The molecular formula is C19H29N3O3. The summed E-state index contributed by atoms with van der Waals surface area (Å²) in [5.41, 5.74) is 7.95. The number of nitrogens with two attached hydrogens (primary N) is 1. The second-order valence-electron chi connectivity index (χ2n) is 6.58. The molecule has 6 nitrogen and oxygen atoms in total. The quantitative estimate of drug-likeness (QED) is 0.427. The van der Waals surface area contributed by atoms with Gasteiger partial charge in [0.2, 0.25) is 5.91 Å². The Bertz CT molecular complexity index is 630. The lowest BCUT2D eigenvalue weighted by Gasteiger charge is -2.19. The number of carbonyl (C=O) groups excluding carboxylic acids is 1. The second-order valence-corrected chi connectivity index (χ2v) is 6.58. The van der Waals surface area contributed by atoms with Crippen LogP contribution >= 0.6 is 0 Å². The third kappa shape index (κ3) is 5.03. The molecule has 0 heterocycles. The van der Waals surface area contributed by atoms with Crippen molar-refractivity contribution in [3.63, 3.8) is 0 Å². The fourth-order valence-corrected chi connectivity index (χ4v) is 3.00. The van der Waals surface area contributed by atoms with Gasteiger partial charge in [-0.25, -0.2) is 4.99 Å². The summed E-state index contributed by atoms with van der Waals surface area (Å²) in [5, 5.41) is 10.0. The molecule has 2 rings (SSSR count). The predicted octanol–water partition coefficient (Wildman–Crippen LogP) is 1.97. The Kier molecular flexibility index (Phi) is 6.96. The number of fused-ring (bicyclic) bond motifs is 1. The Hall–Kier alpha value is -1.92. The minimum atomic E-state index is -0.740. The van der Waals surface area contributed by atoms with Crippen molar-refractivity contribution < 1.29 is 14.6 Å². The summed E-state index contributed by atoms with van der Waals surface area (Å²) >= 11 is 0. The zero-order chi connectivity index (χ0) is 18.4. The van der Waals surface area contributed by atoms with Crippen molar-refractivity contribution in [2.75, 3.05) is 26.8 Å². The monoisotopic (exact) mass is 347 g/mol. The first kappa shape index (κ1) is 19.4. The van der Waals surface area contributed by atoms with Crippen LogP contribution in [0.3, 0.4) is 0 Å². The average Bonchev–Trinajstić information content (AvgIpc) is 2.89. The fraction of sp³-hybridized carbons (Fsp3) is 0.579. The molecule has 1 aromatic carbocycles. The maximum atomic E-state index is 11.6. The number of carbonyl (C=O) groups is 1. The van der Waals surface area contributed by atoms with Gasteiger partial charge in [0.25, 0.3) is 0 Å². The molecule has 0 fully saturated rings. The Morgan fingerprint density at radius 3 is 2.88 bits per heavy atom. The van der Waals surface area contributed by atoms with Gasteiger partial charge in [-0.2, -0.15) is 0 Å². The molecule has 0 saturated carbocycles. The van der Waals surface area contributed by atoms with Crippen LogP contribution in [0.2, 0.25) is 0 Å². The number of primary amides is 1. The van der Waals surface area contributed by atoms with Crippen molar-refractivity contribution in [2.24, 2.45) is 10.7 Å². The standard InChI is InChI=1S/C19H29N3O3/c1-4-5-9-25-10-8-22(3)13(2)21-15-7-6-14-11-17(23)18(19(20)24)16(14)12-15/h6-7,12,17-18,23H,4-5,8-11H2,1-3H3,(H2,20,24)/t17-,18-/m1/s1. The number of aliphatic hydroxyl groups is 1. The Labute approximate surface area is 149 Å². The number of nitrogens with zero attached hydrogens (tertiary/aromatic N) is 2. The first-order valence-electron chi connectivity index (χ1n) is 8.88. The van der Waals surface area contributed by atoms with Crippen LogP contribution in [0.15, 0.2) is 23.2 Å². The summed E-state index contributed by atoms with van der Waals surface area (Å²) in [6, 6.07) is 5.68. The molecule has 0 bridgehead atoms. The van der Waals surface area contributed by atoms with Gasteiger partial charge in [0.15, 0.2) is 0 Å². The van der Waals surface area contributed by atoms with Crippen molar-refractivity contribution >= 4 is 17.4 Å². The highest BCUT2D eigenvalue weighted by molar-refractivity contribution is 5.85. The molecule has 0 spiro atoms. The van der Waals surface area contributed by atoms with E-state index < -0.39 is 17.9 Å². The first-order valence-corrected chi connectivity index (χ1v) is 8.88. The van der Waals surface area contributed by atoms with Crippen molar-refractivity contribution in [1.29, 1.82) is 0 Å². The van der Waals surface area contributed by atoms with Crippen LogP contribution in [-0.4, -0.2) is 54.7 Å². The van der Waals surface area contributed by atoms with E-state index in [2.05, 4.69) is 11.9 Å². The molecule has 138 valence electrons. The Morgan fingerprint density at radius 1 is 1.44 bits per heavy atom. The number of benzene rings is 1. The van der Waals surface area contributed by atoms with Crippen LogP contribution in [0.25, 0.3) is 0 Å². The highest BCUT2D eigenvalue weighted by atomic mass is 16.5. The fourth-order valence-electron chi connectivity index (χ4n) is 3.00. The van der Waals surface area contributed by atoms with Crippen LogP contribution < -0.4 is 5.73 Å². The molecule has 0 unspecified atom stereocenters. The SMILES string of the molecule is CCCCOCCN(C)C(C)=Nc1ccc2c(c1)[C@@H](C(N)=O)[C@H](O)C2. The number of hydrogen-bond donors (Lipinski definition) is 2. The third-order valence-corrected chi connectivity index (χ3v) is 4.64. The summed E-state index contributed by atoms with van der Waals surface area (Å²) in [5.74, 6) is -0.270. The molecule has 1 amide bonds. The van der Waals surface area contributed by atoms with E-state index in [0.717, 1.165) is 48.6 Å². The van der Waals surface area contributed by atoms with Gasteiger partial charge in [-0.15, -0.1) is 0 Å². The first-order chi connectivity index (χ1) is 11.9. The van der Waals surface area contributed by atoms with Gasteiger partial charge >= 0.3 is 0 Å². The average molecular weight is 347 g/mol. The van der Waals surface area contributed by atoms with Gasteiger partial charge in [0, 0.05) is 20.2 Å². The lowest BCUT2D eigenvalue weighted by Crippen LogP contribution is -2.28. The molecular weight excluding hydrogens is 318 g/mol. The van der Waals surface area contributed by atoms with Crippen LogP contribution in [-0.2, 0) is 16.0 Å². The molecule has 1 aliphatic carbocycles. The van der Waals surface area contributed by atoms with Crippen LogP contribution in [0.5, 0.6) is 0 Å². The number of hydrogen-bond acceptors (Lipinski definition) is 4. The zero-order valence-electron chi connectivity index (χ0n) is 15.4. The summed E-state index contributed by atoms with van der Waals surface area (Å²) in [6.07, 6.45) is 1.94. The van der Waals surface area contributed by atoms with Crippen molar-refractivity contribution in [3.8, 4) is 0 Å². The molecule has 6 heteroatoms. The molecule has 25 heavy (non-hydrogen) atoms. The maximum absolute atomic E-state index is 11.6. The highest BCUT2D eigenvalue weighted by Gasteiger charge is 2.35. The minimum Gasteiger partial charge on any atom is -0.392 e. The predicted molar refractivity (Wildman–Crippen MR) is 99.2 cm³/mol. The number of ether oxygens (including phenoxy) is 1. The van der Waals surface area contributed by atoms with Gasteiger partial charge in [0.05, 0.1) is 24.3 Å². The van der Waals surface area contributed by atoms with Gasteiger partial charge in [-0.05, 0) is 43.0 Å². The number of amidine groups is 1. The van der Waals surface area contributed by atoms with E-state index in [4.69, 9.17) is 10.5 Å². The molecule has 0 aliphatic heterocycles. The van der Waals surface area contributed by atoms with Crippen LogP contribution in [0.4, 0.5) is 5.69 Å². The molecule has 3 N–H and O–H groups in total. The van der Waals surface area contributed by atoms with Gasteiger partial charge in [-0.3, -0.25) is 4.79 Å². The lowest BCUT2D eigenvalue weighted by molar-refractivity contribution is -0.121. The molecule has 1 aliphatic rings. The van der Waals surface area contributed by atoms with Crippen LogP contribution in [0.1, 0.15) is 43.7 Å². The van der Waals surface area contributed by atoms with E-state index >= 15 is 0 Å². The molecule has 0 saturated heterocycles. The number of unbranched alkanes of at least 4 members (excludes halogenated alkanes) is 1. The van der Waals surface area contributed by atoms with Gasteiger partial charge < -0.3 is 20.5 Å².